The highest BCUT2D eigenvalue weighted by Crippen LogP contribution is 2.31. The van der Waals surface area contributed by atoms with E-state index in [9.17, 15) is 18.0 Å². The predicted octanol–water partition coefficient (Wildman–Crippen LogP) is 3.90. The molecule has 0 fully saturated rings. The lowest BCUT2D eigenvalue weighted by atomic mass is 10.1. The molecule has 2 aromatic rings. The largest absolute Gasteiger partial charge is 0.453 e. The van der Waals surface area contributed by atoms with Crippen molar-refractivity contribution in [3.63, 3.8) is 0 Å². The fourth-order valence-electron chi connectivity index (χ4n) is 2.68. The summed E-state index contributed by atoms with van der Waals surface area (Å²) in [4.78, 5) is 18.7. The van der Waals surface area contributed by atoms with E-state index >= 15 is 0 Å². The smallest absolute Gasteiger partial charge is 0.416 e. The van der Waals surface area contributed by atoms with Crippen LogP contribution in [-0.2, 0) is 30.4 Å². The van der Waals surface area contributed by atoms with E-state index in [1.54, 1.807) is 6.07 Å². The molecule has 1 aromatic heterocycles. The molecule has 3 rings (SSSR count). The summed E-state index contributed by atoms with van der Waals surface area (Å²) in [5, 5.41) is 3.01. The van der Waals surface area contributed by atoms with Crippen LogP contribution in [0.1, 0.15) is 21.7 Å². The number of halogens is 3. The summed E-state index contributed by atoms with van der Waals surface area (Å²) in [6.07, 6.45) is -4.22. The minimum atomic E-state index is -4.34. The van der Waals surface area contributed by atoms with Gasteiger partial charge in [0.25, 0.3) is 0 Å². The number of anilines is 1. The number of alkyl halides is 3. The normalized spacial score (nSPS) is 14.9. The van der Waals surface area contributed by atoms with Crippen molar-refractivity contribution < 1.29 is 22.7 Å². The molecule has 0 radical (unpaired) electrons. The number of thiazole rings is 1. The number of amides is 1. The van der Waals surface area contributed by atoms with Crippen LogP contribution in [0.2, 0.25) is 0 Å². The van der Waals surface area contributed by atoms with Gasteiger partial charge < -0.3 is 4.74 Å². The van der Waals surface area contributed by atoms with Gasteiger partial charge in [0.05, 0.1) is 18.4 Å². The lowest BCUT2D eigenvalue weighted by Crippen LogP contribution is -2.29. The molecule has 0 saturated heterocycles. The third-order valence-corrected chi connectivity index (χ3v) is 4.86. The van der Waals surface area contributed by atoms with Crippen LogP contribution in [0, 0.1) is 0 Å². The summed E-state index contributed by atoms with van der Waals surface area (Å²) in [7, 11) is 1.28. The number of nitrogens with one attached hydrogen (secondary N) is 1. The highest BCUT2D eigenvalue weighted by molar-refractivity contribution is 7.15. The second-order valence-corrected chi connectivity index (χ2v) is 6.75. The zero-order chi connectivity index (χ0) is 18.0. The molecule has 0 bridgehead atoms. The van der Waals surface area contributed by atoms with Crippen LogP contribution in [0.25, 0.3) is 0 Å². The minimum Gasteiger partial charge on any atom is -0.453 e. The summed E-state index contributed by atoms with van der Waals surface area (Å²) in [6, 6.07) is 5.39. The number of carbonyl (C=O) groups is 1. The Balaban J connectivity index is 1.68. The molecule has 1 aromatic carbocycles. The van der Waals surface area contributed by atoms with Crippen LogP contribution in [0.4, 0.5) is 23.1 Å². The van der Waals surface area contributed by atoms with E-state index < -0.39 is 17.8 Å². The van der Waals surface area contributed by atoms with Crippen LogP contribution in [-0.4, -0.2) is 29.6 Å². The van der Waals surface area contributed by atoms with Crippen molar-refractivity contribution in [3.8, 4) is 0 Å². The van der Waals surface area contributed by atoms with E-state index in [4.69, 9.17) is 0 Å². The van der Waals surface area contributed by atoms with Gasteiger partial charge in [-0.3, -0.25) is 10.2 Å². The first-order chi connectivity index (χ1) is 11.8. The van der Waals surface area contributed by atoms with Crippen LogP contribution in [0.5, 0.6) is 0 Å². The SMILES string of the molecule is COC(=O)Nc1nc2c(s1)CN(Cc1cccc(C(F)(F)F)c1)CC2. The summed E-state index contributed by atoms with van der Waals surface area (Å²) >= 11 is 1.36. The summed E-state index contributed by atoms with van der Waals surface area (Å²) in [5.41, 5.74) is 0.900. The Labute approximate surface area is 146 Å². The van der Waals surface area contributed by atoms with Gasteiger partial charge in [0.2, 0.25) is 0 Å². The highest BCUT2D eigenvalue weighted by Gasteiger charge is 2.30. The number of rotatable bonds is 3. The van der Waals surface area contributed by atoms with Gasteiger partial charge in [-0.05, 0) is 11.6 Å². The van der Waals surface area contributed by atoms with Gasteiger partial charge in [-0.25, -0.2) is 9.78 Å². The maximum atomic E-state index is 12.8. The third kappa shape index (κ3) is 4.29. The van der Waals surface area contributed by atoms with E-state index in [0.717, 1.165) is 16.6 Å². The number of nitrogens with zero attached hydrogens (tertiary/aromatic N) is 2. The molecule has 134 valence electrons. The van der Waals surface area contributed by atoms with Gasteiger partial charge in [0, 0.05) is 30.9 Å². The standard InChI is InChI=1S/C16H16F3N3O2S/c1-24-15(23)21-14-20-12-5-6-22(9-13(12)25-14)8-10-3-2-4-11(7-10)16(17,18)19/h2-4,7H,5-6,8-9H2,1H3,(H,20,21,23). The number of methoxy groups -OCH3 is 1. The van der Waals surface area contributed by atoms with E-state index in [-0.39, 0.29) is 0 Å². The average molecular weight is 371 g/mol. The van der Waals surface area contributed by atoms with Gasteiger partial charge >= 0.3 is 12.3 Å². The van der Waals surface area contributed by atoms with E-state index in [1.165, 1.54) is 30.6 Å². The molecule has 5 nitrogen and oxygen atoms in total. The molecule has 0 atom stereocenters. The van der Waals surface area contributed by atoms with Crippen molar-refractivity contribution in [1.82, 2.24) is 9.88 Å². The molecule has 0 aliphatic carbocycles. The molecule has 0 unspecified atom stereocenters. The zero-order valence-corrected chi connectivity index (χ0v) is 14.2. The van der Waals surface area contributed by atoms with E-state index in [0.29, 0.717) is 36.8 Å². The average Bonchev–Trinajstić information content (AvgIpc) is 2.95. The number of hydrogen-bond donors (Lipinski definition) is 1. The second kappa shape index (κ2) is 7.01. The van der Waals surface area contributed by atoms with Crippen LogP contribution < -0.4 is 5.32 Å². The number of ether oxygens (including phenoxy) is 1. The summed E-state index contributed by atoms with van der Waals surface area (Å²) in [5.74, 6) is 0. The molecule has 1 amide bonds. The quantitative estimate of drug-likeness (QED) is 0.889. The fourth-order valence-corrected chi connectivity index (χ4v) is 3.72. The molecular weight excluding hydrogens is 355 g/mol. The molecule has 9 heteroatoms. The van der Waals surface area contributed by atoms with Crippen LogP contribution in [0.3, 0.4) is 0 Å². The topological polar surface area (TPSA) is 54.5 Å². The fraction of sp³-hybridized carbons (Fsp3) is 0.375. The second-order valence-electron chi connectivity index (χ2n) is 5.66. The van der Waals surface area contributed by atoms with E-state index in [1.807, 2.05) is 0 Å². The molecule has 25 heavy (non-hydrogen) atoms. The minimum absolute atomic E-state index is 0.432. The summed E-state index contributed by atoms with van der Waals surface area (Å²) in [6.45, 7) is 1.72. The summed E-state index contributed by atoms with van der Waals surface area (Å²) < 4.78 is 43.0. The van der Waals surface area contributed by atoms with Gasteiger partial charge in [-0.2, -0.15) is 13.2 Å². The number of hydrogen-bond acceptors (Lipinski definition) is 5. The van der Waals surface area contributed by atoms with Crippen LogP contribution in [0.15, 0.2) is 24.3 Å². The highest BCUT2D eigenvalue weighted by atomic mass is 32.1. The predicted molar refractivity (Wildman–Crippen MR) is 87.4 cm³/mol. The monoisotopic (exact) mass is 371 g/mol. The Bertz CT molecular complexity index is 776. The maximum Gasteiger partial charge on any atom is 0.416 e. The van der Waals surface area contributed by atoms with Gasteiger partial charge in [-0.15, -0.1) is 0 Å². The molecular formula is C16H16F3N3O2S. The zero-order valence-electron chi connectivity index (χ0n) is 13.4. The first-order valence-electron chi connectivity index (χ1n) is 7.57. The molecule has 1 aliphatic rings. The number of fused-ring (bicyclic) bond motifs is 1. The molecule has 1 aliphatic heterocycles. The van der Waals surface area contributed by atoms with Crippen molar-refractivity contribution in [2.45, 2.75) is 25.7 Å². The van der Waals surface area contributed by atoms with Gasteiger partial charge in [0.1, 0.15) is 0 Å². The van der Waals surface area contributed by atoms with Crippen molar-refractivity contribution in [3.05, 3.63) is 46.0 Å². The Morgan fingerprint density at radius 3 is 2.96 bits per heavy atom. The number of aromatic nitrogens is 1. The van der Waals surface area contributed by atoms with Crippen molar-refractivity contribution >= 4 is 22.6 Å². The van der Waals surface area contributed by atoms with E-state index in [2.05, 4.69) is 19.9 Å². The van der Waals surface area contributed by atoms with Crippen molar-refractivity contribution in [2.75, 3.05) is 19.0 Å². The number of carbonyl (C=O) groups excluding carboxylic acids is 1. The van der Waals surface area contributed by atoms with Crippen molar-refractivity contribution in [1.29, 1.82) is 0 Å². The number of benzene rings is 1. The lowest BCUT2D eigenvalue weighted by molar-refractivity contribution is -0.137. The van der Waals surface area contributed by atoms with Crippen molar-refractivity contribution in [2.24, 2.45) is 0 Å². The molecule has 0 spiro atoms. The Kier molecular flexibility index (Phi) is 4.96. The third-order valence-electron chi connectivity index (χ3n) is 3.87. The van der Waals surface area contributed by atoms with Crippen LogP contribution >= 0.6 is 11.3 Å². The lowest BCUT2D eigenvalue weighted by Gasteiger charge is -2.26. The molecule has 0 saturated carbocycles. The Morgan fingerprint density at radius 1 is 1.44 bits per heavy atom. The van der Waals surface area contributed by atoms with Gasteiger partial charge in [0.15, 0.2) is 5.13 Å². The molecule has 2 heterocycles. The first-order valence-corrected chi connectivity index (χ1v) is 8.39. The Morgan fingerprint density at radius 2 is 2.24 bits per heavy atom. The van der Waals surface area contributed by atoms with Gasteiger partial charge in [-0.1, -0.05) is 29.5 Å². The Hall–Kier alpha value is -2.13. The first kappa shape index (κ1) is 17.7. The maximum absolute atomic E-state index is 12.8. The molecule has 1 N–H and O–H groups in total.